The van der Waals surface area contributed by atoms with Gasteiger partial charge in [-0.1, -0.05) is 6.07 Å². The molecule has 1 aliphatic heterocycles. The Morgan fingerprint density at radius 3 is 2.85 bits per heavy atom. The number of rotatable bonds is 4. The Labute approximate surface area is 153 Å². The second kappa shape index (κ2) is 6.64. The van der Waals surface area contributed by atoms with Gasteiger partial charge in [0.15, 0.2) is 11.5 Å². The molecule has 1 aromatic rings. The molecule has 2 atom stereocenters. The molecule has 1 amide bonds. The van der Waals surface area contributed by atoms with Crippen LogP contribution in [0.2, 0.25) is 0 Å². The number of benzene rings is 1. The highest BCUT2D eigenvalue weighted by atomic mass is 16.5. The van der Waals surface area contributed by atoms with Crippen molar-refractivity contribution in [2.75, 3.05) is 7.11 Å². The minimum Gasteiger partial charge on any atom is -0.493 e. The van der Waals surface area contributed by atoms with E-state index in [-0.39, 0.29) is 17.9 Å². The highest BCUT2D eigenvalue weighted by Gasteiger charge is 2.46. The van der Waals surface area contributed by atoms with Gasteiger partial charge >= 0.3 is 0 Å². The van der Waals surface area contributed by atoms with Crippen molar-refractivity contribution in [3.05, 3.63) is 23.8 Å². The molecule has 6 nitrogen and oxygen atoms in total. The van der Waals surface area contributed by atoms with E-state index >= 15 is 0 Å². The van der Waals surface area contributed by atoms with Crippen molar-refractivity contribution >= 4 is 11.6 Å². The zero-order valence-electron chi connectivity index (χ0n) is 15.0. The quantitative estimate of drug-likeness (QED) is 0.902. The molecule has 0 saturated heterocycles. The number of fused-ring (bicyclic) bond motifs is 1. The first-order valence-electron chi connectivity index (χ1n) is 9.28. The molecule has 1 heterocycles. The molecule has 2 aliphatic carbocycles. The number of methoxy groups -OCH3 is 1. The third-order valence-electron chi connectivity index (χ3n) is 5.91. The number of carbonyl (C=O) groups excluding carboxylic acids is 1. The zero-order chi connectivity index (χ0) is 18.1. The van der Waals surface area contributed by atoms with E-state index in [0.29, 0.717) is 30.8 Å². The minimum absolute atomic E-state index is 0.102. The van der Waals surface area contributed by atoms with Gasteiger partial charge in [0.2, 0.25) is 5.91 Å². The fourth-order valence-corrected chi connectivity index (χ4v) is 4.35. The van der Waals surface area contributed by atoms with Crippen LogP contribution < -0.4 is 14.9 Å². The van der Waals surface area contributed by atoms with E-state index in [1.807, 2.05) is 18.2 Å². The Morgan fingerprint density at radius 1 is 1.31 bits per heavy atom. The van der Waals surface area contributed by atoms with Crippen LogP contribution in [0.5, 0.6) is 11.5 Å². The van der Waals surface area contributed by atoms with E-state index in [0.717, 1.165) is 24.1 Å². The van der Waals surface area contributed by atoms with Crippen molar-refractivity contribution in [1.29, 1.82) is 5.26 Å². The van der Waals surface area contributed by atoms with Crippen LogP contribution in [-0.4, -0.2) is 24.8 Å². The van der Waals surface area contributed by atoms with E-state index in [2.05, 4.69) is 16.6 Å². The first-order valence-corrected chi connectivity index (χ1v) is 9.28. The molecular formula is C20H23N3O3. The molecule has 0 aromatic heterocycles. The highest BCUT2D eigenvalue weighted by molar-refractivity contribution is 6.08. The summed E-state index contributed by atoms with van der Waals surface area (Å²) in [6, 6.07) is 8.23. The van der Waals surface area contributed by atoms with Crippen LogP contribution in [0.25, 0.3) is 0 Å². The Morgan fingerprint density at radius 2 is 2.12 bits per heavy atom. The van der Waals surface area contributed by atoms with Gasteiger partial charge in [0, 0.05) is 0 Å². The van der Waals surface area contributed by atoms with Crippen LogP contribution in [0.3, 0.4) is 0 Å². The highest BCUT2D eigenvalue weighted by Crippen LogP contribution is 2.44. The number of carbonyl (C=O) groups is 1. The van der Waals surface area contributed by atoms with Crippen LogP contribution >= 0.6 is 0 Å². The predicted octanol–water partition coefficient (Wildman–Crippen LogP) is 3.06. The second-order valence-corrected chi connectivity index (χ2v) is 7.42. The Hall–Kier alpha value is -2.55. The molecule has 0 spiro atoms. The lowest BCUT2D eigenvalue weighted by atomic mass is 9.66. The summed E-state index contributed by atoms with van der Waals surface area (Å²) in [5.74, 6) is 0.979. The molecule has 1 aromatic carbocycles. The van der Waals surface area contributed by atoms with E-state index < -0.39 is 5.41 Å². The SMILES string of the molecule is COc1ccc(C2(C#N)CCC3=NNC(=O)C3C2)cc1OC1CCCC1. The zero-order valence-corrected chi connectivity index (χ0v) is 15.0. The van der Waals surface area contributed by atoms with Crippen molar-refractivity contribution in [3.63, 3.8) is 0 Å². The lowest BCUT2D eigenvalue weighted by molar-refractivity contribution is -0.122. The topological polar surface area (TPSA) is 83.7 Å². The number of hydrogen-bond donors (Lipinski definition) is 1. The lowest BCUT2D eigenvalue weighted by Crippen LogP contribution is -2.38. The van der Waals surface area contributed by atoms with Crippen molar-refractivity contribution in [1.82, 2.24) is 5.43 Å². The van der Waals surface area contributed by atoms with E-state index in [1.54, 1.807) is 7.11 Å². The van der Waals surface area contributed by atoms with E-state index in [4.69, 9.17) is 9.47 Å². The third-order valence-corrected chi connectivity index (χ3v) is 5.91. The van der Waals surface area contributed by atoms with E-state index in [9.17, 15) is 10.1 Å². The summed E-state index contributed by atoms with van der Waals surface area (Å²) in [5, 5.41) is 14.1. The molecule has 6 heteroatoms. The minimum atomic E-state index is -0.703. The molecule has 1 N–H and O–H groups in total. The van der Waals surface area contributed by atoms with Crippen molar-refractivity contribution in [3.8, 4) is 17.6 Å². The summed E-state index contributed by atoms with van der Waals surface area (Å²) in [6.45, 7) is 0. The number of ether oxygens (including phenoxy) is 2. The third kappa shape index (κ3) is 2.82. The maximum Gasteiger partial charge on any atom is 0.248 e. The molecule has 3 aliphatic rings. The van der Waals surface area contributed by atoms with Crippen LogP contribution in [0.4, 0.5) is 0 Å². The average molecular weight is 353 g/mol. The van der Waals surface area contributed by atoms with Gasteiger partial charge in [-0.25, -0.2) is 5.43 Å². The monoisotopic (exact) mass is 353 g/mol. The van der Waals surface area contributed by atoms with Crippen molar-refractivity contribution in [2.24, 2.45) is 11.0 Å². The fourth-order valence-electron chi connectivity index (χ4n) is 4.35. The summed E-state index contributed by atoms with van der Waals surface area (Å²) in [4.78, 5) is 12.1. The first kappa shape index (κ1) is 16.9. The molecule has 0 radical (unpaired) electrons. The van der Waals surface area contributed by atoms with Crippen LogP contribution in [0, 0.1) is 17.2 Å². The van der Waals surface area contributed by atoms with Crippen molar-refractivity contribution < 1.29 is 14.3 Å². The van der Waals surface area contributed by atoms with Crippen molar-refractivity contribution in [2.45, 2.75) is 56.5 Å². The maximum atomic E-state index is 12.1. The maximum absolute atomic E-state index is 12.1. The van der Waals surface area contributed by atoms with Gasteiger partial charge in [0.25, 0.3) is 0 Å². The number of nitrogens with one attached hydrogen (secondary N) is 1. The molecule has 0 bridgehead atoms. The molecule has 2 fully saturated rings. The molecule has 136 valence electrons. The first-order chi connectivity index (χ1) is 12.6. The standard InChI is InChI=1S/C20H23N3O3/c1-25-17-7-6-13(10-18(17)26-14-4-2-3-5-14)20(12-21)9-8-16-15(11-20)19(24)23-22-16/h6-7,10,14-15H,2-5,8-9,11H2,1H3,(H,23,24). The largest absolute Gasteiger partial charge is 0.493 e. The van der Waals surface area contributed by atoms with Crippen LogP contribution in [-0.2, 0) is 10.2 Å². The van der Waals surface area contributed by atoms with Gasteiger partial charge in [0.05, 0.1) is 36.3 Å². The van der Waals surface area contributed by atoms with Gasteiger partial charge in [0.1, 0.15) is 0 Å². The second-order valence-electron chi connectivity index (χ2n) is 7.42. The average Bonchev–Trinajstić information content (AvgIpc) is 3.31. The number of hydrazone groups is 1. The van der Waals surface area contributed by atoms with Gasteiger partial charge in [-0.15, -0.1) is 0 Å². The van der Waals surface area contributed by atoms with Gasteiger partial charge in [-0.2, -0.15) is 10.4 Å². The normalized spacial score (nSPS) is 28.1. The van der Waals surface area contributed by atoms with Gasteiger partial charge in [-0.3, -0.25) is 4.79 Å². The van der Waals surface area contributed by atoms with Gasteiger partial charge in [-0.05, 0) is 62.6 Å². The van der Waals surface area contributed by atoms with E-state index in [1.165, 1.54) is 12.8 Å². The summed E-state index contributed by atoms with van der Waals surface area (Å²) >= 11 is 0. The fraction of sp³-hybridized carbons (Fsp3) is 0.550. The van der Waals surface area contributed by atoms with Crippen LogP contribution in [0.1, 0.15) is 50.5 Å². The Kier molecular flexibility index (Phi) is 4.31. The summed E-state index contributed by atoms with van der Waals surface area (Å²) in [5.41, 5.74) is 3.61. The summed E-state index contributed by atoms with van der Waals surface area (Å²) in [7, 11) is 1.63. The number of hydrogen-bond acceptors (Lipinski definition) is 5. The predicted molar refractivity (Wildman–Crippen MR) is 96.1 cm³/mol. The summed E-state index contributed by atoms with van der Waals surface area (Å²) < 4.78 is 11.6. The molecule has 4 rings (SSSR count). The smallest absolute Gasteiger partial charge is 0.248 e. The Balaban J connectivity index is 1.66. The lowest BCUT2D eigenvalue weighted by Gasteiger charge is -2.34. The van der Waals surface area contributed by atoms with Gasteiger partial charge < -0.3 is 9.47 Å². The number of nitriles is 1. The summed E-state index contributed by atoms with van der Waals surface area (Å²) in [6.07, 6.45) is 6.47. The van der Waals surface area contributed by atoms with Crippen LogP contribution in [0.15, 0.2) is 23.3 Å². The number of amides is 1. The molecular weight excluding hydrogens is 330 g/mol. The Bertz CT molecular complexity index is 792. The molecule has 2 unspecified atom stereocenters. The molecule has 2 saturated carbocycles. The number of nitrogens with zero attached hydrogens (tertiary/aromatic N) is 2. The molecule has 26 heavy (non-hydrogen) atoms.